The predicted octanol–water partition coefficient (Wildman–Crippen LogP) is 3.57. The van der Waals surface area contributed by atoms with Gasteiger partial charge in [-0.25, -0.2) is 0 Å². The molecule has 1 aliphatic rings. The van der Waals surface area contributed by atoms with E-state index in [0.29, 0.717) is 18.4 Å². The lowest BCUT2D eigenvalue weighted by Gasteiger charge is -2.17. The minimum atomic E-state index is 0.0857. The van der Waals surface area contributed by atoms with E-state index >= 15 is 0 Å². The van der Waals surface area contributed by atoms with Crippen molar-refractivity contribution in [3.05, 3.63) is 69.7 Å². The summed E-state index contributed by atoms with van der Waals surface area (Å²) in [7, 11) is 0. The molecule has 0 spiro atoms. The van der Waals surface area contributed by atoms with Crippen molar-refractivity contribution in [3.8, 4) is 0 Å². The number of nitrogens with zero attached hydrogens (tertiary/aromatic N) is 1. The van der Waals surface area contributed by atoms with Gasteiger partial charge in [-0.05, 0) is 42.6 Å². The van der Waals surface area contributed by atoms with Crippen LogP contribution in [-0.4, -0.2) is 30.4 Å². The van der Waals surface area contributed by atoms with Crippen molar-refractivity contribution in [1.29, 1.82) is 0 Å². The van der Waals surface area contributed by atoms with Gasteiger partial charge in [0.05, 0.1) is 0 Å². The Labute approximate surface area is 145 Å². The van der Waals surface area contributed by atoms with E-state index in [1.54, 1.807) is 0 Å². The molecular weight excluding hydrogens is 352 g/mol. The number of benzene rings is 2. The van der Waals surface area contributed by atoms with Crippen LogP contribution in [0.4, 0.5) is 0 Å². The van der Waals surface area contributed by atoms with Crippen molar-refractivity contribution in [3.63, 3.8) is 0 Å². The molecule has 1 fully saturated rings. The van der Waals surface area contributed by atoms with Gasteiger partial charge >= 0.3 is 0 Å². The third-order valence-electron chi connectivity index (χ3n) is 4.68. The minimum absolute atomic E-state index is 0.0857. The summed E-state index contributed by atoms with van der Waals surface area (Å²) < 4.78 is 0.970. The van der Waals surface area contributed by atoms with Crippen molar-refractivity contribution < 1.29 is 4.79 Å². The Morgan fingerprint density at radius 2 is 1.96 bits per heavy atom. The number of carbonyl (C=O) groups is 1. The molecular formula is C19H21BrN2O. The monoisotopic (exact) mass is 372 g/mol. The number of aryl methyl sites for hydroxylation is 1. The maximum absolute atomic E-state index is 12.8. The molecule has 2 aromatic rings. The molecule has 120 valence electrons. The first-order valence-electron chi connectivity index (χ1n) is 7.90. The van der Waals surface area contributed by atoms with Crippen LogP contribution in [0, 0.1) is 12.8 Å². The van der Waals surface area contributed by atoms with Crippen molar-refractivity contribution >= 4 is 21.8 Å². The van der Waals surface area contributed by atoms with Gasteiger partial charge in [0.1, 0.15) is 0 Å². The molecule has 0 saturated carbocycles. The minimum Gasteiger partial charge on any atom is -0.338 e. The smallest absolute Gasteiger partial charge is 0.253 e. The van der Waals surface area contributed by atoms with Gasteiger partial charge < -0.3 is 10.6 Å². The van der Waals surface area contributed by atoms with Gasteiger partial charge in [-0.3, -0.25) is 4.79 Å². The van der Waals surface area contributed by atoms with Gasteiger partial charge in [-0.2, -0.15) is 0 Å². The van der Waals surface area contributed by atoms with Gasteiger partial charge in [0.25, 0.3) is 5.91 Å². The zero-order valence-corrected chi connectivity index (χ0v) is 14.8. The second-order valence-corrected chi connectivity index (χ2v) is 7.04. The third kappa shape index (κ3) is 3.33. The van der Waals surface area contributed by atoms with E-state index in [0.717, 1.165) is 28.7 Å². The predicted molar refractivity (Wildman–Crippen MR) is 96.5 cm³/mol. The first-order chi connectivity index (χ1) is 11.1. The molecule has 2 atom stereocenters. The van der Waals surface area contributed by atoms with Crippen LogP contribution in [0.15, 0.2) is 53.0 Å². The molecule has 1 heterocycles. The fourth-order valence-corrected chi connectivity index (χ4v) is 3.64. The van der Waals surface area contributed by atoms with E-state index in [1.807, 2.05) is 48.2 Å². The molecule has 0 aliphatic carbocycles. The van der Waals surface area contributed by atoms with E-state index in [4.69, 9.17) is 5.73 Å². The van der Waals surface area contributed by atoms with Gasteiger partial charge in [0.15, 0.2) is 0 Å². The zero-order chi connectivity index (χ0) is 16.4. The maximum Gasteiger partial charge on any atom is 0.253 e. The summed E-state index contributed by atoms with van der Waals surface area (Å²) in [4.78, 5) is 14.7. The summed E-state index contributed by atoms with van der Waals surface area (Å²) in [6.45, 7) is 4.07. The van der Waals surface area contributed by atoms with E-state index in [9.17, 15) is 4.79 Å². The Hall–Kier alpha value is -1.65. The lowest BCUT2D eigenvalue weighted by Crippen LogP contribution is -2.29. The SMILES string of the molecule is Cc1ccc(C(=O)N2C[C@@H](CN)[C@H](c3ccccc3)C2)cc1Br. The van der Waals surface area contributed by atoms with Gasteiger partial charge in [0, 0.05) is 29.0 Å². The van der Waals surface area contributed by atoms with E-state index < -0.39 is 0 Å². The highest BCUT2D eigenvalue weighted by Gasteiger charge is 2.35. The van der Waals surface area contributed by atoms with Crippen LogP contribution in [-0.2, 0) is 0 Å². The number of carbonyl (C=O) groups excluding carboxylic acids is 1. The van der Waals surface area contributed by atoms with Crippen molar-refractivity contribution in [2.24, 2.45) is 11.7 Å². The summed E-state index contributed by atoms with van der Waals surface area (Å²) in [5.74, 6) is 0.719. The molecule has 23 heavy (non-hydrogen) atoms. The summed E-state index contributed by atoms with van der Waals surface area (Å²) >= 11 is 3.51. The van der Waals surface area contributed by atoms with Crippen LogP contribution in [0.2, 0.25) is 0 Å². The molecule has 0 aromatic heterocycles. The largest absolute Gasteiger partial charge is 0.338 e. The highest BCUT2D eigenvalue weighted by Crippen LogP contribution is 2.33. The Kier molecular flexibility index (Phi) is 4.83. The molecule has 1 saturated heterocycles. The summed E-state index contributed by atoms with van der Waals surface area (Å²) in [6.07, 6.45) is 0. The Morgan fingerprint density at radius 3 is 2.61 bits per heavy atom. The molecule has 0 radical (unpaired) electrons. The van der Waals surface area contributed by atoms with Gasteiger partial charge in [-0.15, -0.1) is 0 Å². The first-order valence-corrected chi connectivity index (χ1v) is 8.70. The zero-order valence-electron chi connectivity index (χ0n) is 13.2. The van der Waals surface area contributed by atoms with Crippen LogP contribution in [0.1, 0.15) is 27.4 Å². The average molecular weight is 373 g/mol. The third-order valence-corrected chi connectivity index (χ3v) is 5.53. The van der Waals surface area contributed by atoms with E-state index in [-0.39, 0.29) is 5.91 Å². The van der Waals surface area contributed by atoms with Crippen LogP contribution >= 0.6 is 15.9 Å². The first kappa shape index (κ1) is 16.2. The topological polar surface area (TPSA) is 46.3 Å². The molecule has 0 unspecified atom stereocenters. The van der Waals surface area contributed by atoms with Gasteiger partial charge in [-0.1, -0.05) is 52.3 Å². The Morgan fingerprint density at radius 1 is 1.22 bits per heavy atom. The van der Waals surface area contributed by atoms with Crippen LogP contribution < -0.4 is 5.73 Å². The lowest BCUT2D eigenvalue weighted by molar-refractivity contribution is 0.0786. The molecule has 1 aliphatic heterocycles. The van der Waals surface area contributed by atoms with Crippen LogP contribution in [0.3, 0.4) is 0 Å². The molecule has 3 rings (SSSR count). The Bertz CT molecular complexity index is 702. The highest BCUT2D eigenvalue weighted by atomic mass is 79.9. The van der Waals surface area contributed by atoms with Crippen molar-refractivity contribution in [2.75, 3.05) is 19.6 Å². The molecule has 3 nitrogen and oxygen atoms in total. The quantitative estimate of drug-likeness (QED) is 0.894. The normalized spacial score (nSPS) is 20.7. The van der Waals surface area contributed by atoms with Crippen LogP contribution in [0.5, 0.6) is 0 Å². The maximum atomic E-state index is 12.8. The number of rotatable bonds is 3. The number of hydrogen-bond acceptors (Lipinski definition) is 2. The molecule has 2 aromatic carbocycles. The fourth-order valence-electron chi connectivity index (χ4n) is 3.26. The summed E-state index contributed by atoms with van der Waals surface area (Å²) in [5.41, 5.74) is 9.09. The Balaban J connectivity index is 1.81. The number of likely N-dealkylation sites (tertiary alicyclic amines) is 1. The van der Waals surface area contributed by atoms with E-state index in [2.05, 4.69) is 28.1 Å². The second kappa shape index (κ2) is 6.85. The number of hydrogen-bond donors (Lipinski definition) is 1. The standard InChI is InChI=1S/C19H21BrN2O/c1-13-7-8-15(9-18(13)20)19(23)22-11-16(10-21)17(12-22)14-5-3-2-4-6-14/h2-9,16-17H,10-12,21H2,1H3/t16-,17+/m1/s1. The summed E-state index contributed by atoms with van der Waals surface area (Å²) in [6, 6.07) is 16.1. The molecule has 2 N–H and O–H groups in total. The average Bonchev–Trinajstić information content (AvgIpc) is 3.02. The second-order valence-electron chi connectivity index (χ2n) is 6.19. The molecule has 1 amide bonds. The number of amides is 1. The number of nitrogens with two attached hydrogens (primary N) is 1. The van der Waals surface area contributed by atoms with Gasteiger partial charge in [0.2, 0.25) is 0 Å². The molecule has 0 bridgehead atoms. The lowest BCUT2D eigenvalue weighted by atomic mass is 9.89. The number of halogens is 1. The fraction of sp³-hybridized carbons (Fsp3) is 0.316. The van der Waals surface area contributed by atoms with E-state index in [1.165, 1.54) is 5.56 Å². The highest BCUT2D eigenvalue weighted by molar-refractivity contribution is 9.10. The van der Waals surface area contributed by atoms with Crippen molar-refractivity contribution in [1.82, 2.24) is 4.90 Å². The summed E-state index contributed by atoms with van der Waals surface area (Å²) in [5, 5.41) is 0. The molecule has 4 heteroatoms. The van der Waals surface area contributed by atoms with Crippen LogP contribution in [0.25, 0.3) is 0 Å². The van der Waals surface area contributed by atoms with Crippen molar-refractivity contribution in [2.45, 2.75) is 12.8 Å².